The quantitative estimate of drug-likeness (QED) is 0.820. The standard InChI is InChI=1S/C13H19N3O/c1-2-13(5-6-13)8-14-10-7-11(17)16-12(15-10)9-3-4-9/h7,9H,2-6,8H2,1H3,(H2,14,15,16,17). The number of nitrogens with zero attached hydrogens (tertiary/aromatic N) is 1. The van der Waals surface area contributed by atoms with Gasteiger partial charge in [0.2, 0.25) is 0 Å². The Morgan fingerprint density at radius 2 is 2.29 bits per heavy atom. The van der Waals surface area contributed by atoms with Gasteiger partial charge in [-0.3, -0.25) is 4.79 Å². The van der Waals surface area contributed by atoms with Crippen LogP contribution in [0.3, 0.4) is 0 Å². The lowest BCUT2D eigenvalue weighted by molar-refractivity contribution is 0.520. The highest BCUT2D eigenvalue weighted by Crippen LogP contribution is 2.48. The highest BCUT2D eigenvalue weighted by atomic mass is 16.1. The number of anilines is 1. The van der Waals surface area contributed by atoms with Crippen LogP contribution in [0.4, 0.5) is 5.82 Å². The van der Waals surface area contributed by atoms with E-state index in [1.165, 1.54) is 19.3 Å². The van der Waals surface area contributed by atoms with Crippen LogP contribution in [-0.4, -0.2) is 16.5 Å². The molecule has 2 fully saturated rings. The molecule has 0 aromatic carbocycles. The molecule has 0 aliphatic heterocycles. The van der Waals surface area contributed by atoms with Gasteiger partial charge >= 0.3 is 0 Å². The molecule has 0 amide bonds. The average molecular weight is 233 g/mol. The van der Waals surface area contributed by atoms with E-state index < -0.39 is 0 Å². The van der Waals surface area contributed by atoms with Crippen LogP contribution in [0.15, 0.2) is 10.9 Å². The van der Waals surface area contributed by atoms with Gasteiger partial charge in [-0.2, -0.15) is 0 Å². The average Bonchev–Trinajstić information content (AvgIpc) is 3.19. The molecule has 4 heteroatoms. The number of rotatable bonds is 5. The number of hydrogen-bond donors (Lipinski definition) is 2. The largest absolute Gasteiger partial charge is 0.369 e. The minimum absolute atomic E-state index is 0.0363. The van der Waals surface area contributed by atoms with Gasteiger partial charge in [-0.1, -0.05) is 6.92 Å². The van der Waals surface area contributed by atoms with E-state index in [2.05, 4.69) is 22.2 Å². The molecule has 4 nitrogen and oxygen atoms in total. The summed E-state index contributed by atoms with van der Waals surface area (Å²) in [7, 11) is 0. The van der Waals surface area contributed by atoms with Crippen LogP contribution in [-0.2, 0) is 0 Å². The molecule has 3 rings (SSSR count). The molecule has 2 saturated carbocycles. The van der Waals surface area contributed by atoms with E-state index in [0.717, 1.165) is 31.0 Å². The van der Waals surface area contributed by atoms with E-state index in [9.17, 15) is 4.79 Å². The molecule has 0 unspecified atom stereocenters. The summed E-state index contributed by atoms with van der Waals surface area (Å²) in [5, 5.41) is 3.33. The summed E-state index contributed by atoms with van der Waals surface area (Å²) in [5.74, 6) is 2.10. The van der Waals surface area contributed by atoms with Gasteiger partial charge in [-0.15, -0.1) is 0 Å². The Bertz CT molecular complexity index is 472. The van der Waals surface area contributed by atoms with Crippen molar-refractivity contribution in [2.45, 2.75) is 44.9 Å². The maximum absolute atomic E-state index is 11.5. The van der Waals surface area contributed by atoms with E-state index in [1.807, 2.05) is 0 Å². The van der Waals surface area contributed by atoms with Gasteiger partial charge in [-0.25, -0.2) is 4.98 Å². The number of aromatic amines is 1. The first-order valence-corrected chi connectivity index (χ1v) is 6.56. The Morgan fingerprint density at radius 1 is 1.53 bits per heavy atom. The van der Waals surface area contributed by atoms with Gasteiger partial charge in [0.15, 0.2) is 0 Å². The summed E-state index contributed by atoms with van der Waals surface area (Å²) in [4.78, 5) is 18.8. The van der Waals surface area contributed by atoms with Gasteiger partial charge in [-0.05, 0) is 37.5 Å². The molecule has 92 valence electrons. The predicted octanol–water partition coefficient (Wildman–Crippen LogP) is 2.25. The summed E-state index contributed by atoms with van der Waals surface area (Å²) in [5.41, 5.74) is 0.440. The van der Waals surface area contributed by atoms with Gasteiger partial charge in [0.1, 0.15) is 11.6 Å². The Balaban J connectivity index is 1.71. The molecule has 17 heavy (non-hydrogen) atoms. The van der Waals surface area contributed by atoms with Crippen LogP contribution < -0.4 is 10.9 Å². The first-order chi connectivity index (χ1) is 8.21. The molecule has 0 saturated heterocycles. The molecule has 0 radical (unpaired) electrons. The summed E-state index contributed by atoms with van der Waals surface area (Å²) in [6.07, 6.45) is 6.12. The maximum atomic E-state index is 11.5. The smallest absolute Gasteiger partial charge is 0.252 e. The van der Waals surface area contributed by atoms with Crippen molar-refractivity contribution in [3.05, 3.63) is 22.2 Å². The zero-order valence-electron chi connectivity index (χ0n) is 10.3. The van der Waals surface area contributed by atoms with Crippen LogP contribution in [0.1, 0.15) is 50.8 Å². The molecule has 2 aliphatic carbocycles. The second kappa shape index (κ2) is 3.86. The first-order valence-electron chi connectivity index (χ1n) is 6.56. The summed E-state index contributed by atoms with van der Waals surface area (Å²) >= 11 is 0. The molecule has 1 aromatic heterocycles. The topological polar surface area (TPSA) is 57.8 Å². The van der Waals surface area contributed by atoms with Gasteiger partial charge in [0, 0.05) is 18.5 Å². The van der Waals surface area contributed by atoms with Crippen molar-refractivity contribution in [3.8, 4) is 0 Å². The van der Waals surface area contributed by atoms with Crippen LogP contribution in [0.2, 0.25) is 0 Å². The Kier molecular flexibility index (Phi) is 2.45. The van der Waals surface area contributed by atoms with Gasteiger partial charge < -0.3 is 10.3 Å². The summed E-state index contributed by atoms with van der Waals surface area (Å²) in [6.45, 7) is 3.18. The normalized spacial score (nSPS) is 21.2. The van der Waals surface area contributed by atoms with Gasteiger partial charge in [0.05, 0.1) is 0 Å². The fourth-order valence-electron chi connectivity index (χ4n) is 2.23. The number of nitrogens with one attached hydrogen (secondary N) is 2. The van der Waals surface area contributed by atoms with Crippen LogP contribution in [0, 0.1) is 5.41 Å². The second-order valence-corrected chi connectivity index (χ2v) is 5.50. The third kappa shape index (κ3) is 2.35. The number of H-pyrrole nitrogens is 1. The highest BCUT2D eigenvalue weighted by molar-refractivity contribution is 5.34. The van der Waals surface area contributed by atoms with E-state index in [4.69, 9.17) is 0 Å². The van der Waals surface area contributed by atoms with E-state index in [-0.39, 0.29) is 5.56 Å². The molecule has 1 heterocycles. The van der Waals surface area contributed by atoms with Crippen molar-refractivity contribution in [1.29, 1.82) is 0 Å². The molecule has 0 atom stereocenters. The fourth-order valence-corrected chi connectivity index (χ4v) is 2.23. The Morgan fingerprint density at radius 3 is 2.88 bits per heavy atom. The van der Waals surface area contributed by atoms with Crippen molar-refractivity contribution >= 4 is 5.82 Å². The van der Waals surface area contributed by atoms with E-state index in [1.54, 1.807) is 6.07 Å². The summed E-state index contributed by atoms with van der Waals surface area (Å²) in [6, 6.07) is 1.57. The Hall–Kier alpha value is -1.32. The zero-order valence-corrected chi connectivity index (χ0v) is 10.3. The molecule has 2 aliphatic rings. The molecular formula is C13H19N3O. The third-order valence-electron chi connectivity index (χ3n) is 4.08. The monoisotopic (exact) mass is 233 g/mol. The van der Waals surface area contributed by atoms with E-state index in [0.29, 0.717) is 11.3 Å². The van der Waals surface area contributed by atoms with Crippen molar-refractivity contribution in [1.82, 2.24) is 9.97 Å². The molecule has 0 bridgehead atoms. The SMILES string of the molecule is CCC1(CNc2cc(=O)[nH]c(C3CC3)n2)CC1. The van der Waals surface area contributed by atoms with E-state index >= 15 is 0 Å². The molecule has 0 spiro atoms. The van der Waals surface area contributed by atoms with Crippen molar-refractivity contribution in [2.75, 3.05) is 11.9 Å². The lowest BCUT2D eigenvalue weighted by Gasteiger charge is -2.14. The Labute approximate surface area is 101 Å². The number of hydrogen-bond acceptors (Lipinski definition) is 3. The minimum atomic E-state index is -0.0363. The van der Waals surface area contributed by atoms with Crippen molar-refractivity contribution in [2.24, 2.45) is 5.41 Å². The van der Waals surface area contributed by atoms with Crippen LogP contribution >= 0.6 is 0 Å². The number of aromatic nitrogens is 2. The predicted molar refractivity (Wildman–Crippen MR) is 67.3 cm³/mol. The molecule has 2 N–H and O–H groups in total. The van der Waals surface area contributed by atoms with Gasteiger partial charge in [0.25, 0.3) is 5.56 Å². The lowest BCUT2D eigenvalue weighted by atomic mass is 10.0. The highest BCUT2D eigenvalue weighted by Gasteiger charge is 2.40. The third-order valence-corrected chi connectivity index (χ3v) is 4.08. The lowest BCUT2D eigenvalue weighted by Crippen LogP contribution is -2.18. The minimum Gasteiger partial charge on any atom is -0.369 e. The van der Waals surface area contributed by atoms with Crippen molar-refractivity contribution in [3.63, 3.8) is 0 Å². The maximum Gasteiger partial charge on any atom is 0.252 e. The van der Waals surface area contributed by atoms with Crippen LogP contribution in [0.5, 0.6) is 0 Å². The second-order valence-electron chi connectivity index (χ2n) is 5.50. The zero-order chi connectivity index (χ0) is 11.9. The van der Waals surface area contributed by atoms with Crippen molar-refractivity contribution < 1.29 is 0 Å². The molecular weight excluding hydrogens is 214 g/mol. The molecule has 1 aromatic rings. The summed E-state index contributed by atoms with van der Waals surface area (Å²) < 4.78 is 0. The van der Waals surface area contributed by atoms with Crippen LogP contribution in [0.25, 0.3) is 0 Å². The first kappa shape index (κ1) is 10.8. The fraction of sp³-hybridized carbons (Fsp3) is 0.692.